The first-order chi connectivity index (χ1) is 25.8. The summed E-state index contributed by atoms with van der Waals surface area (Å²) in [4.78, 5) is 0. The van der Waals surface area contributed by atoms with Crippen LogP contribution in [0.3, 0.4) is 0 Å². The number of benzene rings is 4. The van der Waals surface area contributed by atoms with Crippen LogP contribution in [0, 0.1) is 23.7 Å². The summed E-state index contributed by atoms with van der Waals surface area (Å²) >= 11 is 0. The van der Waals surface area contributed by atoms with Crippen molar-refractivity contribution >= 4 is 0 Å². The molecular weight excluding hydrogens is 649 g/mol. The second-order valence-electron chi connectivity index (χ2n) is 18.1. The first-order valence-electron chi connectivity index (χ1n) is 22.1. The van der Waals surface area contributed by atoms with Crippen LogP contribution in [-0.2, 0) is 51.4 Å². The molecule has 0 fully saturated rings. The van der Waals surface area contributed by atoms with Gasteiger partial charge in [-0.1, -0.05) is 180 Å². The molecule has 0 unspecified atom stereocenters. The monoisotopic (exact) mass is 733 g/mol. The summed E-state index contributed by atoms with van der Waals surface area (Å²) in [7, 11) is 0. The quantitative estimate of drug-likeness (QED) is 0.169. The van der Waals surface area contributed by atoms with E-state index in [0.717, 1.165) is 23.7 Å². The average molecular weight is 733 g/mol. The Balaban J connectivity index is 0.000000320. The van der Waals surface area contributed by atoms with E-state index >= 15 is 0 Å². The molecule has 0 radical (unpaired) electrons. The number of fused-ring (bicyclic) bond motifs is 4. The molecule has 0 heteroatoms. The Morgan fingerprint density at radius 3 is 0.463 bits per heavy atom. The highest BCUT2D eigenvalue weighted by Gasteiger charge is 2.09. The molecule has 4 aliphatic rings. The Bertz CT molecular complexity index is 1240. The van der Waals surface area contributed by atoms with Gasteiger partial charge in [-0.3, -0.25) is 0 Å². The van der Waals surface area contributed by atoms with Crippen molar-refractivity contribution in [2.75, 3.05) is 0 Å². The lowest BCUT2D eigenvalue weighted by Crippen LogP contribution is -2.00. The highest BCUT2D eigenvalue weighted by atomic mass is 14.1. The van der Waals surface area contributed by atoms with Gasteiger partial charge < -0.3 is 0 Å². The Labute approximate surface area is 337 Å². The minimum atomic E-state index is 0.833. The van der Waals surface area contributed by atoms with E-state index in [2.05, 4.69) is 180 Å². The molecule has 0 heterocycles. The van der Waals surface area contributed by atoms with Crippen LogP contribution in [0.2, 0.25) is 0 Å². The normalized spacial score (nSPS) is 13.9. The zero-order chi connectivity index (χ0) is 40.1. The molecule has 4 aliphatic carbocycles. The molecule has 0 saturated heterocycles. The van der Waals surface area contributed by atoms with Gasteiger partial charge in [0.25, 0.3) is 0 Å². The lowest BCUT2D eigenvalue weighted by atomic mass is 9.92. The van der Waals surface area contributed by atoms with Crippen molar-refractivity contribution in [3.63, 3.8) is 0 Å². The summed E-state index contributed by atoms with van der Waals surface area (Å²) in [5.74, 6) is 3.33. The molecule has 0 atom stereocenters. The number of hydrogen-bond donors (Lipinski definition) is 0. The first-order valence-corrected chi connectivity index (χ1v) is 22.1. The van der Waals surface area contributed by atoms with E-state index in [1.807, 2.05) is 0 Å². The summed E-state index contributed by atoms with van der Waals surface area (Å²) in [5.41, 5.74) is 12.6. The van der Waals surface area contributed by atoms with Crippen molar-refractivity contribution in [2.24, 2.45) is 23.7 Å². The smallest absolute Gasteiger partial charge is 0.0273 e. The summed E-state index contributed by atoms with van der Waals surface area (Å²) in [5, 5.41) is 0. The zero-order valence-corrected chi connectivity index (χ0v) is 37.4. The maximum absolute atomic E-state index is 2.26. The molecule has 0 nitrogen and oxygen atoms in total. The SMILES string of the molecule is CC(C)C.CC(C)C.CC(C)C.CC(C)C.c1ccc2c(c1)CCC2.c1ccc2c(c1)CCC2.c1ccc2c(c1)CCCC2.c1ccc2c(c1)CCCC2. The van der Waals surface area contributed by atoms with Gasteiger partial charge in [-0.15, -0.1) is 0 Å². The van der Waals surface area contributed by atoms with Crippen LogP contribution in [0.15, 0.2) is 97.1 Å². The molecule has 0 N–H and O–H groups in total. The van der Waals surface area contributed by atoms with Gasteiger partial charge in [0.1, 0.15) is 0 Å². The topological polar surface area (TPSA) is 0 Å². The van der Waals surface area contributed by atoms with E-state index in [9.17, 15) is 0 Å². The van der Waals surface area contributed by atoms with Gasteiger partial charge in [0.2, 0.25) is 0 Å². The molecular formula is C54H84. The van der Waals surface area contributed by atoms with Crippen LogP contribution >= 0.6 is 0 Å². The lowest BCUT2D eigenvalue weighted by molar-refractivity contribution is 0.685. The molecule has 4 aromatic carbocycles. The van der Waals surface area contributed by atoms with Crippen LogP contribution < -0.4 is 0 Å². The lowest BCUT2D eigenvalue weighted by Gasteiger charge is -2.13. The largest absolute Gasteiger partial charge is 0.0630 e. The first kappa shape index (κ1) is 48.9. The minimum absolute atomic E-state index is 0.833. The zero-order valence-electron chi connectivity index (χ0n) is 37.4. The van der Waals surface area contributed by atoms with Gasteiger partial charge in [0.05, 0.1) is 0 Å². The van der Waals surface area contributed by atoms with Gasteiger partial charge in [-0.2, -0.15) is 0 Å². The minimum Gasteiger partial charge on any atom is -0.0630 e. The van der Waals surface area contributed by atoms with Gasteiger partial charge in [-0.05, 0) is 158 Å². The van der Waals surface area contributed by atoms with Crippen LogP contribution in [0.5, 0.6) is 0 Å². The maximum atomic E-state index is 2.26. The van der Waals surface area contributed by atoms with E-state index in [4.69, 9.17) is 0 Å². The Hall–Kier alpha value is -3.12. The molecule has 0 spiro atoms. The number of rotatable bonds is 0. The van der Waals surface area contributed by atoms with Gasteiger partial charge >= 0.3 is 0 Å². The van der Waals surface area contributed by atoms with E-state index in [1.165, 1.54) is 89.9 Å². The fourth-order valence-electron chi connectivity index (χ4n) is 6.38. The second kappa shape index (κ2) is 30.1. The Kier molecular flexibility index (Phi) is 27.3. The highest BCUT2D eigenvalue weighted by molar-refractivity contribution is 5.32. The predicted octanol–water partition coefficient (Wildman–Crippen LogP) is 16.1. The van der Waals surface area contributed by atoms with Crippen molar-refractivity contribution in [1.29, 1.82) is 0 Å². The van der Waals surface area contributed by atoms with Crippen LogP contribution in [0.4, 0.5) is 0 Å². The maximum Gasteiger partial charge on any atom is -0.0273 e. The van der Waals surface area contributed by atoms with Gasteiger partial charge in [-0.25, -0.2) is 0 Å². The Morgan fingerprint density at radius 2 is 0.333 bits per heavy atom. The summed E-state index contributed by atoms with van der Waals surface area (Å²) < 4.78 is 0. The third-order valence-corrected chi connectivity index (χ3v) is 8.54. The van der Waals surface area contributed by atoms with E-state index < -0.39 is 0 Å². The van der Waals surface area contributed by atoms with E-state index in [-0.39, 0.29) is 0 Å². The average Bonchev–Trinajstić information content (AvgIpc) is 3.82. The number of aryl methyl sites for hydroxylation is 8. The van der Waals surface area contributed by atoms with E-state index in [0.29, 0.717) is 0 Å². The van der Waals surface area contributed by atoms with Crippen molar-refractivity contribution in [3.05, 3.63) is 142 Å². The van der Waals surface area contributed by atoms with Gasteiger partial charge in [0, 0.05) is 0 Å². The van der Waals surface area contributed by atoms with Crippen molar-refractivity contribution in [1.82, 2.24) is 0 Å². The molecule has 0 bridgehead atoms. The van der Waals surface area contributed by atoms with E-state index in [1.54, 1.807) is 44.5 Å². The fourth-order valence-corrected chi connectivity index (χ4v) is 6.38. The summed E-state index contributed by atoms with van der Waals surface area (Å²) in [6.07, 6.45) is 18.7. The van der Waals surface area contributed by atoms with Gasteiger partial charge in [0.15, 0.2) is 0 Å². The predicted molar refractivity (Wildman–Crippen MR) is 245 cm³/mol. The Morgan fingerprint density at radius 1 is 0.222 bits per heavy atom. The molecule has 0 saturated carbocycles. The molecule has 300 valence electrons. The van der Waals surface area contributed by atoms with Crippen molar-refractivity contribution in [3.8, 4) is 0 Å². The standard InChI is InChI=1S/2C10H12.2C9H10.4C4H10/c2*1-2-6-10-8-4-3-7-9(10)5-1;2*1-2-5-9-7-3-6-8(9)4-1;4*1-4(2)3/h2*1-2,5-6H,3-4,7-8H2;2*1-2,4-5H,3,6-7H2;4*4H,1-3H3. The second-order valence-corrected chi connectivity index (χ2v) is 18.1. The third-order valence-electron chi connectivity index (χ3n) is 8.54. The van der Waals surface area contributed by atoms with Crippen LogP contribution in [-0.4, -0.2) is 0 Å². The molecule has 54 heavy (non-hydrogen) atoms. The third kappa shape index (κ3) is 25.1. The van der Waals surface area contributed by atoms with Crippen molar-refractivity contribution in [2.45, 2.75) is 173 Å². The fraction of sp³-hybridized carbons (Fsp3) is 0.556. The molecule has 0 aromatic heterocycles. The molecule has 8 rings (SSSR count). The molecule has 4 aromatic rings. The van der Waals surface area contributed by atoms with Crippen LogP contribution in [0.1, 0.15) is 166 Å². The van der Waals surface area contributed by atoms with Crippen molar-refractivity contribution < 1.29 is 0 Å². The summed E-state index contributed by atoms with van der Waals surface area (Å²) in [6, 6.07) is 35.1. The molecule has 0 amide bonds. The number of hydrogen-bond acceptors (Lipinski definition) is 0. The highest BCUT2D eigenvalue weighted by Crippen LogP contribution is 2.22. The molecule has 0 aliphatic heterocycles. The van der Waals surface area contributed by atoms with Crippen LogP contribution in [0.25, 0.3) is 0 Å². The summed E-state index contributed by atoms with van der Waals surface area (Å²) in [6.45, 7) is 26.0.